The summed E-state index contributed by atoms with van der Waals surface area (Å²) < 4.78 is 0.868. The third kappa shape index (κ3) is 0.686. The highest BCUT2D eigenvalue weighted by molar-refractivity contribution is 9.08. The van der Waals surface area contributed by atoms with Crippen LogP contribution in [0.15, 0.2) is 0 Å². The summed E-state index contributed by atoms with van der Waals surface area (Å²) in [5, 5.41) is 2.31. The van der Waals surface area contributed by atoms with Gasteiger partial charge in [-0.15, -0.1) is 0 Å². The summed E-state index contributed by atoms with van der Waals surface area (Å²) >= 11 is 2.74. The number of nitrogens with zero attached hydrogens (tertiary/aromatic N) is 1. The fourth-order valence-electron chi connectivity index (χ4n) is 0.403. The highest BCUT2D eigenvalue weighted by Crippen LogP contribution is 2.03. The van der Waals surface area contributed by atoms with Crippen LogP contribution in [-0.4, -0.2) is 22.4 Å². The highest BCUT2D eigenvalue weighted by Gasteiger charge is 2.25. The molecule has 0 aromatic rings. The van der Waals surface area contributed by atoms with E-state index in [0.29, 0.717) is 0 Å². The minimum absolute atomic E-state index is 0.101. The summed E-state index contributed by atoms with van der Waals surface area (Å²) in [5.41, 5.74) is 0. The molecule has 1 rings (SSSR count). The first-order valence-electron chi connectivity index (χ1n) is 1.98. The molecular formula is C3H3BrN2O2. The van der Waals surface area contributed by atoms with Gasteiger partial charge in [-0.25, -0.2) is 4.79 Å². The Balaban J connectivity index is 2.70. The number of carbonyl (C=O) groups is 2. The Morgan fingerprint density at radius 2 is 2.25 bits per heavy atom. The molecule has 0 aromatic carbocycles. The van der Waals surface area contributed by atoms with Crippen LogP contribution in [0.3, 0.4) is 0 Å². The molecule has 44 valence electrons. The van der Waals surface area contributed by atoms with Gasteiger partial charge in [0.05, 0.1) is 16.1 Å². The van der Waals surface area contributed by atoms with Crippen molar-refractivity contribution in [1.82, 2.24) is 9.24 Å². The van der Waals surface area contributed by atoms with Crippen LogP contribution in [0.1, 0.15) is 0 Å². The van der Waals surface area contributed by atoms with E-state index in [1.165, 1.54) is 0 Å². The van der Waals surface area contributed by atoms with Crippen LogP contribution in [-0.2, 0) is 4.79 Å². The van der Waals surface area contributed by atoms with E-state index in [2.05, 4.69) is 21.5 Å². The number of amides is 3. The van der Waals surface area contributed by atoms with E-state index >= 15 is 0 Å². The minimum atomic E-state index is -0.394. The second-order valence-electron chi connectivity index (χ2n) is 1.33. The molecule has 4 nitrogen and oxygen atoms in total. The third-order valence-electron chi connectivity index (χ3n) is 0.788. The van der Waals surface area contributed by atoms with Crippen LogP contribution in [0, 0.1) is 0 Å². The lowest BCUT2D eigenvalue weighted by molar-refractivity contribution is -0.121. The topological polar surface area (TPSA) is 49.4 Å². The maximum Gasteiger partial charge on any atom is 0.334 e. The summed E-state index contributed by atoms with van der Waals surface area (Å²) in [6, 6.07) is -0.394. The Morgan fingerprint density at radius 1 is 1.62 bits per heavy atom. The Labute approximate surface area is 54.2 Å². The fourth-order valence-corrected chi connectivity index (χ4v) is 0.654. The van der Waals surface area contributed by atoms with Gasteiger partial charge >= 0.3 is 6.03 Å². The van der Waals surface area contributed by atoms with Crippen molar-refractivity contribution in [2.45, 2.75) is 0 Å². The minimum Gasteiger partial charge on any atom is -0.328 e. The van der Waals surface area contributed by atoms with Gasteiger partial charge in [-0.3, -0.25) is 4.79 Å². The van der Waals surface area contributed by atoms with Gasteiger partial charge in [0.15, 0.2) is 0 Å². The van der Waals surface area contributed by atoms with Gasteiger partial charge in [0, 0.05) is 0 Å². The predicted molar refractivity (Wildman–Crippen MR) is 29.2 cm³/mol. The van der Waals surface area contributed by atoms with E-state index in [4.69, 9.17) is 0 Å². The normalized spacial score (nSPS) is 19.4. The molecule has 1 saturated heterocycles. The highest BCUT2D eigenvalue weighted by atomic mass is 79.9. The SMILES string of the molecule is O=C1CNC(=O)N1Br. The summed E-state index contributed by atoms with van der Waals surface area (Å²) in [7, 11) is 0. The standard InChI is InChI=1S/C3H3BrN2O2/c4-6-2(7)1-5-3(6)8/h1H2,(H,5,8). The fraction of sp³-hybridized carbons (Fsp3) is 0.333. The molecule has 0 bridgehead atoms. The van der Waals surface area contributed by atoms with E-state index in [-0.39, 0.29) is 12.5 Å². The first-order valence-corrected chi connectivity index (χ1v) is 2.69. The second-order valence-corrected chi connectivity index (χ2v) is 2.04. The maximum atomic E-state index is 10.4. The number of imide groups is 1. The van der Waals surface area contributed by atoms with Crippen molar-refractivity contribution in [2.24, 2.45) is 0 Å². The molecule has 1 aliphatic heterocycles. The molecule has 1 aliphatic rings. The molecule has 3 amide bonds. The van der Waals surface area contributed by atoms with Gasteiger partial charge < -0.3 is 5.32 Å². The van der Waals surface area contributed by atoms with Crippen molar-refractivity contribution in [2.75, 3.05) is 6.54 Å². The Morgan fingerprint density at radius 3 is 2.38 bits per heavy atom. The third-order valence-corrected chi connectivity index (χ3v) is 1.51. The van der Waals surface area contributed by atoms with Crippen molar-refractivity contribution in [1.29, 1.82) is 0 Å². The molecule has 1 heterocycles. The largest absolute Gasteiger partial charge is 0.334 e. The van der Waals surface area contributed by atoms with Crippen LogP contribution in [0.25, 0.3) is 0 Å². The van der Waals surface area contributed by atoms with Crippen molar-refractivity contribution >= 4 is 28.1 Å². The van der Waals surface area contributed by atoms with E-state index in [0.717, 1.165) is 3.93 Å². The van der Waals surface area contributed by atoms with Gasteiger partial charge in [-0.1, -0.05) is 0 Å². The summed E-state index contributed by atoms with van der Waals surface area (Å²) in [5.74, 6) is -0.255. The molecule has 0 atom stereocenters. The van der Waals surface area contributed by atoms with Crippen molar-refractivity contribution in [3.63, 3.8) is 0 Å². The van der Waals surface area contributed by atoms with Gasteiger partial charge in [0.25, 0.3) is 5.91 Å². The summed E-state index contributed by atoms with van der Waals surface area (Å²) in [6.45, 7) is 0.101. The maximum absolute atomic E-state index is 10.4. The van der Waals surface area contributed by atoms with Gasteiger partial charge in [-0.05, 0) is 0 Å². The van der Waals surface area contributed by atoms with Crippen molar-refractivity contribution in [3.05, 3.63) is 0 Å². The van der Waals surface area contributed by atoms with Crippen LogP contribution in [0.2, 0.25) is 0 Å². The van der Waals surface area contributed by atoms with E-state index < -0.39 is 6.03 Å². The molecule has 0 aromatic heterocycles. The lowest BCUT2D eigenvalue weighted by Gasteiger charge is -1.95. The van der Waals surface area contributed by atoms with E-state index in [9.17, 15) is 9.59 Å². The first kappa shape index (κ1) is 5.55. The second kappa shape index (κ2) is 1.74. The van der Waals surface area contributed by atoms with Crippen LogP contribution in [0.4, 0.5) is 4.79 Å². The van der Waals surface area contributed by atoms with Gasteiger partial charge in [-0.2, -0.15) is 3.93 Å². The number of hydrogen-bond acceptors (Lipinski definition) is 2. The molecule has 8 heavy (non-hydrogen) atoms. The van der Waals surface area contributed by atoms with Crippen LogP contribution in [0.5, 0.6) is 0 Å². The van der Waals surface area contributed by atoms with Gasteiger partial charge in [0.1, 0.15) is 6.54 Å². The quantitative estimate of drug-likeness (QED) is 0.415. The van der Waals surface area contributed by atoms with Gasteiger partial charge in [0.2, 0.25) is 0 Å². The zero-order chi connectivity index (χ0) is 6.15. The van der Waals surface area contributed by atoms with Crippen molar-refractivity contribution in [3.8, 4) is 0 Å². The number of halogens is 1. The lowest BCUT2D eigenvalue weighted by Crippen LogP contribution is -2.19. The summed E-state index contributed by atoms with van der Waals surface area (Å²) in [6.07, 6.45) is 0. The molecular weight excluding hydrogens is 176 g/mol. The number of carbonyl (C=O) groups excluding carboxylic acids is 2. The molecule has 5 heteroatoms. The molecule has 0 unspecified atom stereocenters. The average Bonchev–Trinajstić information content (AvgIpc) is 1.98. The number of hydrogen-bond donors (Lipinski definition) is 1. The predicted octanol–water partition coefficient (Wildman–Crippen LogP) is -0.152. The Bertz CT molecular complexity index is 130. The molecule has 0 aliphatic carbocycles. The van der Waals surface area contributed by atoms with E-state index in [1.807, 2.05) is 0 Å². The molecule has 0 saturated carbocycles. The lowest BCUT2D eigenvalue weighted by atomic mass is 10.7. The molecule has 1 fully saturated rings. The number of urea groups is 1. The summed E-state index contributed by atoms with van der Waals surface area (Å²) in [4.78, 5) is 20.7. The zero-order valence-electron chi connectivity index (χ0n) is 3.85. The first-order chi connectivity index (χ1) is 3.72. The van der Waals surface area contributed by atoms with E-state index in [1.54, 1.807) is 0 Å². The van der Waals surface area contributed by atoms with Crippen molar-refractivity contribution < 1.29 is 9.59 Å². The molecule has 0 radical (unpaired) electrons. The average molecular weight is 179 g/mol. The number of nitrogens with one attached hydrogen (secondary N) is 1. The number of rotatable bonds is 0. The Hall–Kier alpha value is -0.580. The smallest absolute Gasteiger partial charge is 0.328 e. The van der Waals surface area contributed by atoms with Crippen LogP contribution >= 0.6 is 16.1 Å². The monoisotopic (exact) mass is 178 g/mol. The van der Waals surface area contributed by atoms with Crippen LogP contribution < -0.4 is 5.32 Å². The Kier molecular flexibility index (Phi) is 1.21. The zero-order valence-corrected chi connectivity index (χ0v) is 5.43. The molecule has 0 spiro atoms. The molecule has 1 N–H and O–H groups in total.